The molecule has 140 valence electrons. The van der Waals surface area contributed by atoms with E-state index in [4.69, 9.17) is 4.42 Å². The number of aryl methyl sites for hydroxylation is 3. The molecule has 2 aromatic carbocycles. The Balaban J connectivity index is 1.53. The zero-order chi connectivity index (χ0) is 19.7. The summed E-state index contributed by atoms with van der Waals surface area (Å²) in [5, 5.41) is 11.8. The fourth-order valence-electron chi connectivity index (χ4n) is 3.25. The summed E-state index contributed by atoms with van der Waals surface area (Å²) in [5.41, 5.74) is 5.23. The fraction of sp³-hybridized carbons (Fsp3) is 0.182. The molecule has 0 radical (unpaired) electrons. The number of aromatic nitrogens is 3. The predicted molar refractivity (Wildman–Crippen MR) is 107 cm³/mol. The van der Waals surface area contributed by atoms with Crippen LogP contribution in [0.3, 0.4) is 0 Å². The van der Waals surface area contributed by atoms with Crippen LogP contribution in [-0.2, 0) is 6.54 Å². The maximum Gasteiger partial charge on any atom is 0.253 e. The van der Waals surface area contributed by atoms with Gasteiger partial charge in [-0.05, 0) is 50.6 Å². The summed E-state index contributed by atoms with van der Waals surface area (Å²) >= 11 is 0. The molecule has 0 spiro atoms. The molecule has 2 aromatic heterocycles. The van der Waals surface area contributed by atoms with Crippen LogP contribution in [0, 0.1) is 20.8 Å². The lowest BCUT2D eigenvalue weighted by atomic mass is 10.0. The van der Waals surface area contributed by atoms with Gasteiger partial charge in [-0.1, -0.05) is 29.8 Å². The lowest BCUT2D eigenvalue weighted by Gasteiger charge is -2.10. The second-order valence-corrected chi connectivity index (χ2v) is 6.82. The van der Waals surface area contributed by atoms with E-state index < -0.39 is 0 Å². The van der Waals surface area contributed by atoms with Crippen LogP contribution in [0.25, 0.3) is 22.4 Å². The molecule has 6 nitrogen and oxygen atoms in total. The summed E-state index contributed by atoms with van der Waals surface area (Å²) in [5.74, 6) is 0.565. The third kappa shape index (κ3) is 3.49. The van der Waals surface area contributed by atoms with Gasteiger partial charge in [0.05, 0.1) is 23.3 Å². The number of carbonyl (C=O) groups excluding carboxylic acids is 1. The summed E-state index contributed by atoms with van der Waals surface area (Å²) in [4.78, 5) is 17.3. The Hall–Kier alpha value is -3.54. The molecular weight excluding hydrogens is 352 g/mol. The fourth-order valence-corrected chi connectivity index (χ4v) is 3.25. The van der Waals surface area contributed by atoms with Gasteiger partial charge >= 0.3 is 0 Å². The molecule has 0 unspecified atom stereocenters. The molecule has 0 atom stereocenters. The third-order valence-corrected chi connectivity index (χ3v) is 4.58. The highest BCUT2D eigenvalue weighted by molar-refractivity contribution is 5.99. The molecule has 0 bridgehead atoms. The molecule has 6 heteroatoms. The number of hydrogen-bond donors (Lipinski definition) is 1. The van der Waals surface area contributed by atoms with Crippen LogP contribution in [0.15, 0.2) is 52.9 Å². The van der Waals surface area contributed by atoms with Crippen molar-refractivity contribution in [2.24, 2.45) is 0 Å². The Morgan fingerprint density at radius 3 is 2.61 bits per heavy atom. The highest BCUT2D eigenvalue weighted by Crippen LogP contribution is 2.22. The maximum absolute atomic E-state index is 12.7. The second kappa shape index (κ2) is 7.23. The zero-order valence-electron chi connectivity index (χ0n) is 16.0. The minimum atomic E-state index is -0.217. The molecule has 0 fully saturated rings. The van der Waals surface area contributed by atoms with Crippen LogP contribution in [0.2, 0.25) is 0 Å². The summed E-state index contributed by atoms with van der Waals surface area (Å²) in [6, 6.07) is 15.5. The van der Waals surface area contributed by atoms with Gasteiger partial charge < -0.3 is 9.73 Å². The van der Waals surface area contributed by atoms with E-state index in [0.717, 1.165) is 27.6 Å². The van der Waals surface area contributed by atoms with E-state index in [9.17, 15) is 4.79 Å². The van der Waals surface area contributed by atoms with Crippen LogP contribution in [-0.4, -0.2) is 21.1 Å². The molecule has 0 saturated heterocycles. The van der Waals surface area contributed by atoms with Crippen LogP contribution in [0.5, 0.6) is 0 Å². The van der Waals surface area contributed by atoms with Gasteiger partial charge in [-0.25, -0.2) is 0 Å². The van der Waals surface area contributed by atoms with Gasteiger partial charge in [-0.2, -0.15) is 0 Å². The maximum atomic E-state index is 12.7. The van der Waals surface area contributed by atoms with Crippen LogP contribution < -0.4 is 5.32 Å². The summed E-state index contributed by atoms with van der Waals surface area (Å²) in [6.45, 7) is 6.06. The van der Waals surface area contributed by atoms with Crippen molar-refractivity contribution >= 4 is 16.8 Å². The summed E-state index contributed by atoms with van der Waals surface area (Å²) in [7, 11) is 0. The van der Waals surface area contributed by atoms with Crippen molar-refractivity contribution in [2.45, 2.75) is 27.3 Å². The van der Waals surface area contributed by atoms with Crippen molar-refractivity contribution in [2.75, 3.05) is 0 Å². The van der Waals surface area contributed by atoms with Gasteiger partial charge in [-0.15, -0.1) is 10.2 Å². The standard InChI is InChI=1S/C22H20N4O2/c1-13-9-14(2)20-17(10-13)11-18(15(3)24-20)21(27)23-12-19-25-26-22(28-19)16-7-5-4-6-8-16/h4-11H,12H2,1-3H3,(H,23,27). The van der Waals surface area contributed by atoms with E-state index in [-0.39, 0.29) is 12.5 Å². The average molecular weight is 372 g/mol. The predicted octanol–water partition coefficient (Wildman–Crippen LogP) is 4.14. The minimum absolute atomic E-state index is 0.156. The van der Waals surface area contributed by atoms with Gasteiger partial charge in [0.1, 0.15) is 0 Å². The quantitative estimate of drug-likeness (QED) is 0.582. The van der Waals surface area contributed by atoms with E-state index in [2.05, 4.69) is 26.6 Å². The summed E-state index contributed by atoms with van der Waals surface area (Å²) < 4.78 is 5.64. The van der Waals surface area contributed by atoms with Crippen LogP contribution in [0.4, 0.5) is 0 Å². The molecule has 1 amide bonds. The first kappa shape index (κ1) is 17.9. The van der Waals surface area contributed by atoms with Gasteiger partial charge in [-0.3, -0.25) is 9.78 Å². The molecule has 0 aliphatic carbocycles. The molecule has 28 heavy (non-hydrogen) atoms. The Morgan fingerprint density at radius 2 is 1.82 bits per heavy atom. The van der Waals surface area contributed by atoms with Gasteiger partial charge in [0.15, 0.2) is 0 Å². The molecule has 0 aliphatic heterocycles. The van der Waals surface area contributed by atoms with Gasteiger partial charge in [0.2, 0.25) is 11.8 Å². The number of carbonyl (C=O) groups is 1. The Morgan fingerprint density at radius 1 is 1.04 bits per heavy atom. The lowest BCUT2D eigenvalue weighted by Crippen LogP contribution is -2.24. The number of benzene rings is 2. The number of nitrogens with zero attached hydrogens (tertiary/aromatic N) is 3. The molecule has 2 heterocycles. The van der Waals surface area contributed by atoms with E-state index in [1.165, 1.54) is 0 Å². The first-order valence-corrected chi connectivity index (χ1v) is 9.06. The SMILES string of the molecule is Cc1cc(C)c2nc(C)c(C(=O)NCc3nnc(-c4ccccc4)o3)cc2c1. The minimum Gasteiger partial charge on any atom is -0.419 e. The number of fused-ring (bicyclic) bond motifs is 1. The second-order valence-electron chi connectivity index (χ2n) is 6.82. The van der Waals surface area contributed by atoms with Crippen molar-refractivity contribution < 1.29 is 9.21 Å². The lowest BCUT2D eigenvalue weighted by molar-refractivity contribution is 0.0946. The van der Waals surface area contributed by atoms with Crippen molar-refractivity contribution in [1.82, 2.24) is 20.5 Å². The Labute approximate surface area is 162 Å². The Kier molecular flexibility index (Phi) is 4.61. The molecule has 4 aromatic rings. The van der Waals surface area contributed by atoms with Crippen LogP contribution >= 0.6 is 0 Å². The van der Waals surface area contributed by atoms with Gasteiger partial charge in [0.25, 0.3) is 5.91 Å². The van der Waals surface area contributed by atoms with Crippen molar-refractivity contribution in [3.63, 3.8) is 0 Å². The van der Waals surface area contributed by atoms with E-state index in [1.807, 2.05) is 63.2 Å². The third-order valence-electron chi connectivity index (χ3n) is 4.58. The number of nitrogens with one attached hydrogen (secondary N) is 1. The first-order valence-electron chi connectivity index (χ1n) is 9.06. The van der Waals surface area contributed by atoms with Gasteiger partial charge in [0, 0.05) is 10.9 Å². The summed E-state index contributed by atoms with van der Waals surface area (Å²) in [6.07, 6.45) is 0. The smallest absolute Gasteiger partial charge is 0.253 e. The monoisotopic (exact) mass is 372 g/mol. The number of amides is 1. The zero-order valence-corrected chi connectivity index (χ0v) is 16.0. The molecule has 1 N–H and O–H groups in total. The normalized spacial score (nSPS) is 11.0. The first-order chi connectivity index (χ1) is 13.5. The van der Waals surface area contributed by atoms with E-state index in [0.29, 0.717) is 23.0 Å². The van der Waals surface area contributed by atoms with Crippen molar-refractivity contribution in [1.29, 1.82) is 0 Å². The van der Waals surface area contributed by atoms with E-state index in [1.54, 1.807) is 0 Å². The average Bonchev–Trinajstić information content (AvgIpc) is 3.16. The number of pyridine rings is 1. The van der Waals surface area contributed by atoms with E-state index >= 15 is 0 Å². The highest BCUT2D eigenvalue weighted by atomic mass is 16.4. The highest BCUT2D eigenvalue weighted by Gasteiger charge is 2.15. The molecule has 0 aliphatic rings. The number of hydrogen-bond acceptors (Lipinski definition) is 5. The largest absolute Gasteiger partial charge is 0.419 e. The molecule has 0 saturated carbocycles. The molecular formula is C22H20N4O2. The van der Waals surface area contributed by atoms with Crippen LogP contribution in [0.1, 0.15) is 33.1 Å². The van der Waals surface area contributed by atoms with Crippen molar-refractivity contribution in [3.8, 4) is 11.5 Å². The van der Waals surface area contributed by atoms with Crippen molar-refractivity contribution in [3.05, 3.63) is 76.8 Å². The molecule has 4 rings (SSSR count). The topological polar surface area (TPSA) is 80.9 Å². The number of rotatable bonds is 4. The Bertz CT molecular complexity index is 1170.